The Labute approximate surface area is 127 Å². The molecule has 0 atom stereocenters. The van der Waals surface area contributed by atoms with Crippen molar-refractivity contribution in [1.82, 2.24) is 4.98 Å². The fourth-order valence-electron chi connectivity index (χ4n) is 3.18. The van der Waals surface area contributed by atoms with Crippen molar-refractivity contribution >= 4 is 24.3 Å². The summed E-state index contributed by atoms with van der Waals surface area (Å²) in [7, 11) is -1.55. The molecule has 0 fully saturated rings. The Morgan fingerprint density at radius 1 is 1.14 bits per heavy atom. The lowest BCUT2D eigenvalue weighted by atomic mass is 10.2. The van der Waals surface area contributed by atoms with Gasteiger partial charge < -0.3 is 9.72 Å². The van der Waals surface area contributed by atoms with Crippen LogP contribution in [0.15, 0.2) is 18.2 Å². The molecule has 21 heavy (non-hydrogen) atoms. The van der Waals surface area contributed by atoms with Crippen molar-refractivity contribution < 1.29 is 4.74 Å². The van der Waals surface area contributed by atoms with Gasteiger partial charge in [-0.15, -0.1) is 0 Å². The standard InChI is InChI=1S/C17H24N2OSi/c1-5-20-16-14-11-13(12-18)9-10-15(14)19-17(16)21(6-2,7-3)8-4/h9-11,19H,5-8H2,1-4H3. The van der Waals surface area contributed by atoms with Crippen LogP contribution in [0.4, 0.5) is 0 Å². The minimum absolute atomic E-state index is 0.651. The Balaban J connectivity index is 2.73. The number of fused-ring (bicyclic) bond motifs is 1. The van der Waals surface area contributed by atoms with Gasteiger partial charge in [0.1, 0.15) is 13.8 Å². The zero-order valence-corrected chi connectivity index (χ0v) is 14.4. The van der Waals surface area contributed by atoms with Crippen molar-refractivity contribution in [2.75, 3.05) is 6.61 Å². The first-order chi connectivity index (χ1) is 10.2. The minimum atomic E-state index is -1.55. The molecule has 0 saturated heterocycles. The van der Waals surface area contributed by atoms with Gasteiger partial charge in [0.05, 0.1) is 18.2 Å². The van der Waals surface area contributed by atoms with Crippen molar-refractivity contribution in [2.45, 2.75) is 45.8 Å². The quantitative estimate of drug-likeness (QED) is 0.815. The second-order valence-corrected chi connectivity index (χ2v) is 10.7. The topological polar surface area (TPSA) is 48.8 Å². The Hall–Kier alpha value is -1.73. The van der Waals surface area contributed by atoms with Crippen molar-refractivity contribution in [3.05, 3.63) is 23.8 Å². The smallest absolute Gasteiger partial charge is 0.143 e. The van der Waals surface area contributed by atoms with Crippen LogP contribution in [0.3, 0.4) is 0 Å². The molecule has 0 aliphatic rings. The van der Waals surface area contributed by atoms with Gasteiger partial charge in [0.15, 0.2) is 0 Å². The van der Waals surface area contributed by atoms with E-state index >= 15 is 0 Å². The number of benzene rings is 1. The molecule has 3 nitrogen and oxygen atoms in total. The Morgan fingerprint density at radius 2 is 1.81 bits per heavy atom. The Kier molecular flexibility index (Phi) is 4.74. The maximum atomic E-state index is 9.13. The van der Waals surface area contributed by atoms with E-state index in [2.05, 4.69) is 31.8 Å². The lowest BCUT2D eigenvalue weighted by Gasteiger charge is -2.28. The van der Waals surface area contributed by atoms with Crippen LogP contribution in [-0.4, -0.2) is 19.7 Å². The van der Waals surface area contributed by atoms with Crippen LogP contribution in [-0.2, 0) is 0 Å². The summed E-state index contributed by atoms with van der Waals surface area (Å²) in [5.74, 6) is 0.988. The average molecular weight is 300 g/mol. The third-order valence-corrected chi connectivity index (χ3v) is 10.2. The summed E-state index contributed by atoms with van der Waals surface area (Å²) in [4.78, 5) is 3.62. The monoisotopic (exact) mass is 300 g/mol. The summed E-state index contributed by atoms with van der Waals surface area (Å²) < 4.78 is 6.00. The van der Waals surface area contributed by atoms with E-state index in [1.54, 1.807) is 0 Å². The SMILES string of the molecule is CCOc1c([Si](CC)(CC)CC)[nH]c2ccc(C#N)cc12. The van der Waals surface area contributed by atoms with Crippen molar-refractivity contribution in [1.29, 1.82) is 5.26 Å². The number of rotatable bonds is 6. The molecule has 0 aliphatic heterocycles. The van der Waals surface area contributed by atoms with Crippen LogP contribution in [0.2, 0.25) is 18.1 Å². The average Bonchev–Trinajstić information content (AvgIpc) is 2.89. The normalized spacial score (nSPS) is 11.6. The van der Waals surface area contributed by atoms with E-state index in [4.69, 9.17) is 10.00 Å². The van der Waals surface area contributed by atoms with Crippen molar-refractivity contribution in [2.24, 2.45) is 0 Å². The van der Waals surface area contributed by atoms with E-state index in [9.17, 15) is 0 Å². The highest BCUT2D eigenvalue weighted by molar-refractivity contribution is 6.92. The van der Waals surface area contributed by atoms with Gasteiger partial charge >= 0.3 is 0 Å². The molecule has 1 N–H and O–H groups in total. The second-order valence-electron chi connectivity index (χ2n) is 5.48. The molecule has 1 aromatic heterocycles. The number of nitrogens with zero attached hydrogens (tertiary/aromatic N) is 1. The van der Waals surface area contributed by atoms with Crippen LogP contribution >= 0.6 is 0 Å². The maximum absolute atomic E-state index is 9.13. The number of aromatic amines is 1. The van der Waals surface area contributed by atoms with Gasteiger partial charge in [-0.3, -0.25) is 0 Å². The molecular weight excluding hydrogens is 276 g/mol. The molecule has 0 saturated carbocycles. The zero-order valence-electron chi connectivity index (χ0n) is 13.4. The van der Waals surface area contributed by atoms with E-state index in [1.807, 2.05) is 25.1 Å². The van der Waals surface area contributed by atoms with Crippen molar-refractivity contribution in [3.63, 3.8) is 0 Å². The Morgan fingerprint density at radius 3 is 2.33 bits per heavy atom. The van der Waals surface area contributed by atoms with Gasteiger partial charge in [0.25, 0.3) is 0 Å². The molecule has 1 heterocycles. The maximum Gasteiger partial charge on any atom is 0.143 e. The fraction of sp³-hybridized carbons (Fsp3) is 0.471. The molecule has 0 unspecified atom stereocenters. The summed E-state index contributed by atoms with van der Waals surface area (Å²) in [5.41, 5.74) is 1.77. The molecule has 112 valence electrons. The minimum Gasteiger partial charge on any atom is -0.492 e. The highest BCUT2D eigenvalue weighted by Crippen LogP contribution is 2.31. The molecule has 2 rings (SSSR count). The first-order valence-corrected chi connectivity index (χ1v) is 10.5. The summed E-state index contributed by atoms with van der Waals surface area (Å²) in [5, 5.41) is 11.5. The van der Waals surface area contributed by atoms with E-state index in [1.165, 1.54) is 23.4 Å². The van der Waals surface area contributed by atoms with Gasteiger partial charge in [-0.05, 0) is 25.1 Å². The van der Waals surface area contributed by atoms with E-state index < -0.39 is 8.07 Å². The van der Waals surface area contributed by atoms with E-state index in [0.29, 0.717) is 12.2 Å². The van der Waals surface area contributed by atoms with Gasteiger partial charge in [-0.1, -0.05) is 38.9 Å². The molecule has 0 amide bonds. The molecule has 0 spiro atoms. The van der Waals surface area contributed by atoms with Crippen LogP contribution in [0.1, 0.15) is 33.3 Å². The number of ether oxygens (including phenoxy) is 1. The van der Waals surface area contributed by atoms with Crippen LogP contribution < -0.4 is 10.1 Å². The van der Waals surface area contributed by atoms with Crippen molar-refractivity contribution in [3.8, 4) is 11.8 Å². The number of nitrogens with one attached hydrogen (secondary N) is 1. The number of hydrogen-bond donors (Lipinski definition) is 1. The number of H-pyrrole nitrogens is 1. The van der Waals surface area contributed by atoms with Gasteiger partial charge in [-0.2, -0.15) is 5.26 Å². The van der Waals surface area contributed by atoms with Crippen LogP contribution in [0, 0.1) is 11.3 Å². The molecule has 2 aromatic rings. The molecule has 0 aliphatic carbocycles. The first-order valence-electron chi connectivity index (χ1n) is 7.84. The van der Waals surface area contributed by atoms with Gasteiger partial charge in [-0.25, -0.2) is 0 Å². The van der Waals surface area contributed by atoms with E-state index in [-0.39, 0.29) is 0 Å². The molecule has 0 radical (unpaired) electrons. The lowest BCUT2D eigenvalue weighted by Crippen LogP contribution is -2.47. The largest absolute Gasteiger partial charge is 0.492 e. The summed E-state index contributed by atoms with van der Waals surface area (Å²) >= 11 is 0. The number of aromatic nitrogens is 1. The molecule has 1 aromatic carbocycles. The summed E-state index contributed by atoms with van der Waals surface area (Å²) in [6.45, 7) is 9.55. The highest BCUT2D eigenvalue weighted by atomic mass is 28.3. The van der Waals surface area contributed by atoms with Crippen LogP contribution in [0.5, 0.6) is 5.75 Å². The number of hydrogen-bond acceptors (Lipinski definition) is 2. The molecule has 4 heteroatoms. The molecular formula is C17H24N2OSi. The second kappa shape index (κ2) is 6.36. The third-order valence-electron chi connectivity index (χ3n) is 4.73. The van der Waals surface area contributed by atoms with Gasteiger partial charge in [0.2, 0.25) is 0 Å². The lowest BCUT2D eigenvalue weighted by molar-refractivity contribution is 0.347. The van der Waals surface area contributed by atoms with Crippen LogP contribution in [0.25, 0.3) is 10.9 Å². The predicted octanol–water partition coefficient (Wildman–Crippen LogP) is 4.15. The zero-order chi connectivity index (χ0) is 15.5. The first kappa shape index (κ1) is 15.7. The van der Waals surface area contributed by atoms with Gasteiger partial charge in [0, 0.05) is 16.2 Å². The number of nitriles is 1. The summed E-state index contributed by atoms with van der Waals surface area (Å²) in [6.07, 6.45) is 0. The third kappa shape index (κ3) is 2.58. The fourth-order valence-corrected chi connectivity index (χ4v) is 6.83. The summed E-state index contributed by atoms with van der Waals surface area (Å²) in [6, 6.07) is 11.7. The van der Waals surface area contributed by atoms with E-state index in [0.717, 1.165) is 16.7 Å². The predicted molar refractivity (Wildman–Crippen MR) is 91.0 cm³/mol. The molecule has 0 bridgehead atoms. The highest BCUT2D eigenvalue weighted by Gasteiger charge is 2.35. The Bertz CT molecular complexity index is 657.